The van der Waals surface area contributed by atoms with Crippen molar-refractivity contribution in [2.75, 3.05) is 19.8 Å². The zero-order valence-electron chi connectivity index (χ0n) is 9.33. The highest BCUT2D eigenvalue weighted by atomic mass is 35.5. The summed E-state index contributed by atoms with van der Waals surface area (Å²) < 4.78 is 11.2. The van der Waals surface area contributed by atoms with E-state index in [0.717, 1.165) is 41.0 Å². The molecule has 92 valence electrons. The first-order chi connectivity index (χ1) is 8.24. The molecule has 3 rings (SSSR count). The maximum atomic E-state index is 9.27. The number of hydrogen-bond acceptors (Lipinski definition) is 4. The Labute approximate surface area is 104 Å². The minimum Gasteiger partial charge on any atom is -0.493 e. The molecule has 0 aliphatic carbocycles. The van der Waals surface area contributed by atoms with Gasteiger partial charge in [-0.2, -0.15) is 0 Å². The molecule has 5 heteroatoms. The summed E-state index contributed by atoms with van der Waals surface area (Å²) in [5.41, 5.74) is 8.80. The highest BCUT2D eigenvalue weighted by Crippen LogP contribution is 2.48. The third kappa shape index (κ3) is 1.52. The quantitative estimate of drug-likeness (QED) is 0.834. The Morgan fingerprint density at radius 1 is 1.18 bits per heavy atom. The number of halogens is 1. The molecule has 1 aromatic carbocycles. The summed E-state index contributed by atoms with van der Waals surface area (Å²) in [6, 6.07) is -0.436. The summed E-state index contributed by atoms with van der Waals surface area (Å²) in [7, 11) is 0. The lowest BCUT2D eigenvalue weighted by atomic mass is 9.95. The van der Waals surface area contributed by atoms with Gasteiger partial charge in [0.25, 0.3) is 0 Å². The highest BCUT2D eigenvalue weighted by molar-refractivity contribution is 6.33. The molecule has 3 N–H and O–H groups in total. The van der Waals surface area contributed by atoms with Crippen LogP contribution in [0.4, 0.5) is 0 Å². The smallest absolute Gasteiger partial charge is 0.142 e. The van der Waals surface area contributed by atoms with Gasteiger partial charge in [-0.25, -0.2) is 0 Å². The van der Waals surface area contributed by atoms with Crippen molar-refractivity contribution in [1.82, 2.24) is 0 Å². The zero-order chi connectivity index (χ0) is 12.0. The second kappa shape index (κ2) is 4.05. The molecule has 0 bridgehead atoms. The van der Waals surface area contributed by atoms with E-state index in [-0.39, 0.29) is 6.61 Å². The van der Waals surface area contributed by atoms with Gasteiger partial charge >= 0.3 is 0 Å². The molecule has 1 atom stereocenters. The molecule has 0 aromatic heterocycles. The zero-order valence-corrected chi connectivity index (χ0v) is 10.1. The van der Waals surface area contributed by atoms with Crippen LogP contribution in [0, 0.1) is 0 Å². The van der Waals surface area contributed by atoms with Crippen molar-refractivity contribution < 1.29 is 14.6 Å². The molecule has 2 heterocycles. The van der Waals surface area contributed by atoms with Gasteiger partial charge in [0.2, 0.25) is 0 Å². The van der Waals surface area contributed by atoms with Crippen molar-refractivity contribution >= 4 is 11.6 Å². The minimum atomic E-state index is -0.436. The van der Waals surface area contributed by atoms with Gasteiger partial charge in [-0.3, -0.25) is 0 Å². The first-order valence-corrected chi connectivity index (χ1v) is 6.11. The van der Waals surface area contributed by atoms with Crippen LogP contribution in [-0.2, 0) is 12.8 Å². The second-order valence-corrected chi connectivity index (χ2v) is 4.71. The van der Waals surface area contributed by atoms with Gasteiger partial charge in [-0.05, 0) is 0 Å². The molecule has 0 radical (unpaired) electrons. The predicted molar refractivity (Wildman–Crippen MR) is 63.9 cm³/mol. The normalized spacial score (nSPS) is 18.3. The van der Waals surface area contributed by atoms with E-state index in [2.05, 4.69) is 0 Å². The average Bonchev–Trinajstić information content (AvgIpc) is 2.96. The lowest BCUT2D eigenvalue weighted by Gasteiger charge is -2.18. The second-order valence-electron chi connectivity index (χ2n) is 4.33. The summed E-state index contributed by atoms with van der Waals surface area (Å²) in [6.07, 6.45) is 1.55. The molecule has 0 saturated heterocycles. The van der Waals surface area contributed by atoms with Crippen LogP contribution in [-0.4, -0.2) is 24.9 Å². The van der Waals surface area contributed by atoms with Crippen LogP contribution < -0.4 is 15.2 Å². The lowest BCUT2D eigenvalue weighted by Crippen LogP contribution is -2.17. The summed E-state index contributed by atoms with van der Waals surface area (Å²) in [5.74, 6) is 1.50. The Morgan fingerprint density at radius 3 is 2.53 bits per heavy atom. The van der Waals surface area contributed by atoms with Gasteiger partial charge in [0, 0.05) is 29.5 Å². The highest BCUT2D eigenvalue weighted by Gasteiger charge is 2.32. The number of aliphatic hydroxyl groups excluding tert-OH is 1. The van der Waals surface area contributed by atoms with E-state index in [0.29, 0.717) is 18.2 Å². The molecule has 0 saturated carbocycles. The van der Waals surface area contributed by atoms with E-state index < -0.39 is 6.04 Å². The molecule has 2 aliphatic heterocycles. The van der Waals surface area contributed by atoms with E-state index in [9.17, 15) is 5.11 Å². The van der Waals surface area contributed by atoms with Crippen molar-refractivity contribution in [3.05, 3.63) is 21.7 Å². The van der Waals surface area contributed by atoms with Crippen molar-refractivity contribution in [3.8, 4) is 11.5 Å². The summed E-state index contributed by atoms with van der Waals surface area (Å²) >= 11 is 6.31. The average molecular weight is 256 g/mol. The Balaban J connectivity index is 2.26. The Hall–Kier alpha value is -0.970. The largest absolute Gasteiger partial charge is 0.493 e. The van der Waals surface area contributed by atoms with Crippen LogP contribution >= 0.6 is 11.6 Å². The standard InChI is InChI=1S/C12H14ClNO3/c13-10-7-2-4-16-11(7)9(8(14)5-15)6-1-3-17-12(6)10/h8,15H,1-5,14H2. The number of aliphatic hydroxyl groups is 1. The van der Waals surface area contributed by atoms with Crippen molar-refractivity contribution in [3.63, 3.8) is 0 Å². The first kappa shape index (κ1) is 11.1. The number of ether oxygens (including phenoxy) is 2. The molecule has 17 heavy (non-hydrogen) atoms. The van der Waals surface area contributed by atoms with E-state index >= 15 is 0 Å². The predicted octanol–water partition coefficient (Wildman–Crippen LogP) is 1.20. The number of nitrogens with two attached hydrogens (primary N) is 1. The van der Waals surface area contributed by atoms with E-state index in [1.807, 2.05) is 0 Å². The number of hydrogen-bond donors (Lipinski definition) is 2. The fourth-order valence-electron chi connectivity index (χ4n) is 2.57. The van der Waals surface area contributed by atoms with Crippen LogP contribution in [0.5, 0.6) is 11.5 Å². The van der Waals surface area contributed by atoms with Crippen molar-refractivity contribution in [2.24, 2.45) is 5.73 Å². The van der Waals surface area contributed by atoms with Crippen LogP contribution in [0.3, 0.4) is 0 Å². The summed E-state index contributed by atoms with van der Waals surface area (Å²) in [6.45, 7) is 1.12. The molecule has 1 unspecified atom stereocenters. The molecule has 4 nitrogen and oxygen atoms in total. The third-order valence-corrected chi connectivity index (χ3v) is 3.75. The molecule has 0 spiro atoms. The van der Waals surface area contributed by atoms with Crippen LogP contribution in [0.25, 0.3) is 0 Å². The van der Waals surface area contributed by atoms with Crippen molar-refractivity contribution in [2.45, 2.75) is 18.9 Å². The Morgan fingerprint density at radius 2 is 1.82 bits per heavy atom. The van der Waals surface area contributed by atoms with Gasteiger partial charge < -0.3 is 20.3 Å². The van der Waals surface area contributed by atoms with Crippen molar-refractivity contribution in [1.29, 1.82) is 0 Å². The molecule has 0 amide bonds. The fourth-order valence-corrected chi connectivity index (χ4v) is 2.92. The van der Waals surface area contributed by atoms with Crippen LogP contribution in [0.15, 0.2) is 0 Å². The molecular weight excluding hydrogens is 242 g/mol. The fraction of sp³-hybridized carbons (Fsp3) is 0.500. The topological polar surface area (TPSA) is 64.7 Å². The number of benzene rings is 1. The Bertz CT molecular complexity index is 440. The van der Waals surface area contributed by atoms with E-state index in [1.165, 1.54) is 0 Å². The van der Waals surface area contributed by atoms with Crippen LogP contribution in [0.2, 0.25) is 5.02 Å². The monoisotopic (exact) mass is 255 g/mol. The maximum absolute atomic E-state index is 9.27. The molecule has 1 aromatic rings. The van der Waals surface area contributed by atoms with Gasteiger partial charge in [0.15, 0.2) is 0 Å². The molecule has 0 fully saturated rings. The first-order valence-electron chi connectivity index (χ1n) is 5.73. The van der Waals surface area contributed by atoms with Gasteiger partial charge in [0.1, 0.15) is 11.5 Å². The molecule has 2 aliphatic rings. The van der Waals surface area contributed by atoms with Gasteiger partial charge in [-0.15, -0.1) is 0 Å². The third-order valence-electron chi connectivity index (χ3n) is 3.35. The summed E-state index contributed by atoms with van der Waals surface area (Å²) in [5, 5.41) is 9.92. The van der Waals surface area contributed by atoms with Gasteiger partial charge in [0.05, 0.1) is 30.9 Å². The van der Waals surface area contributed by atoms with E-state index in [1.54, 1.807) is 0 Å². The molecular formula is C12H14ClNO3. The number of fused-ring (bicyclic) bond motifs is 2. The maximum Gasteiger partial charge on any atom is 0.142 e. The lowest BCUT2D eigenvalue weighted by molar-refractivity contribution is 0.263. The van der Waals surface area contributed by atoms with Gasteiger partial charge in [-0.1, -0.05) is 11.6 Å². The van der Waals surface area contributed by atoms with E-state index in [4.69, 9.17) is 26.8 Å². The van der Waals surface area contributed by atoms with Crippen LogP contribution in [0.1, 0.15) is 22.7 Å². The Kier molecular flexibility index (Phi) is 2.65. The minimum absolute atomic E-state index is 0.107. The summed E-state index contributed by atoms with van der Waals surface area (Å²) in [4.78, 5) is 0. The SMILES string of the molecule is NC(CO)c1c2c(c(Cl)c3c1OCC3)OCC2. The number of rotatable bonds is 2.